The number of nitrogens with two attached hydrogens (primary N) is 1. The number of hydrazine groups is 1. The highest BCUT2D eigenvalue weighted by molar-refractivity contribution is 5.99. The van der Waals surface area contributed by atoms with Crippen molar-refractivity contribution in [3.8, 4) is 0 Å². The lowest BCUT2D eigenvalue weighted by Crippen LogP contribution is -2.36. The Morgan fingerprint density at radius 2 is 2.06 bits per heavy atom. The predicted octanol–water partition coefficient (Wildman–Crippen LogP) is 1.91. The first-order valence-electron chi connectivity index (χ1n) is 5.14. The molecule has 0 unspecified atom stereocenters. The Hall–Kier alpha value is -1.76. The standard InChI is InChI=1S/C11H14F3N3O/c1-7-3-4-9(16-15)8(5-7)10(18)17(2)6-11(12,13)14/h3-5,16H,6,15H2,1-2H3. The lowest BCUT2D eigenvalue weighted by molar-refractivity contribution is -0.138. The maximum atomic E-state index is 12.2. The van der Waals surface area contributed by atoms with Crippen LogP contribution in [0.2, 0.25) is 0 Å². The number of hydrogen-bond acceptors (Lipinski definition) is 3. The van der Waals surface area contributed by atoms with Crippen LogP contribution in [0.5, 0.6) is 0 Å². The molecule has 4 nitrogen and oxygen atoms in total. The third-order valence-electron chi connectivity index (χ3n) is 2.32. The zero-order chi connectivity index (χ0) is 13.9. The molecular formula is C11H14F3N3O. The van der Waals surface area contributed by atoms with Crippen molar-refractivity contribution in [1.82, 2.24) is 4.90 Å². The zero-order valence-corrected chi connectivity index (χ0v) is 10.0. The largest absolute Gasteiger partial charge is 0.406 e. The SMILES string of the molecule is Cc1ccc(NN)c(C(=O)N(C)CC(F)(F)F)c1. The number of aryl methyl sites for hydroxylation is 1. The maximum absolute atomic E-state index is 12.2. The van der Waals surface area contributed by atoms with Crippen LogP contribution in [-0.4, -0.2) is 30.6 Å². The number of rotatable bonds is 3. The molecule has 1 aromatic rings. The minimum atomic E-state index is -4.43. The van der Waals surface area contributed by atoms with Crippen LogP contribution in [0.3, 0.4) is 0 Å². The molecule has 3 N–H and O–H groups in total. The van der Waals surface area contributed by atoms with E-state index in [2.05, 4.69) is 5.43 Å². The van der Waals surface area contributed by atoms with E-state index < -0.39 is 18.6 Å². The number of carbonyl (C=O) groups is 1. The topological polar surface area (TPSA) is 58.4 Å². The summed E-state index contributed by atoms with van der Waals surface area (Å²) in [5.74, 6) is 4.49. The zero-order valence-electron chi connectivity index (χ0n) is 10.0. The van der Waals surface area contributed by atoms with Gasteiger partial charge in [-0.25, -0.2) is 0 Å². The summed E-state index contributed by atoms with van der Waals surface area (Å²) < 4.78 is 36.6. The van der Waals surface area contributed by atoms with Crippen molar-refractivity contribution in [3.05, 3.63) is 29.3 Å². The van der Waals surface area contributed by atoms with Gasteiger partial charge in [-0.3, -0.25) is 10.6 Å². The number of alkyl halides is 3. The van der Waals surface area contributed by atoms with Gasteiger partial charge in [0.15, 0.2) is 0 Å². The number of nitrogen functional groups attached to an aromatic ring is 1. The number of nitrogens with one attached hydrogen (secondary N) is 1. The quantitative estimate of drug-likeness (QED) is 0.645. The Bertz CT molecular complexity index is 446. The molecule has 18 heavy (non-hydrogen) atoms. The summed E-state index contributed by atoms with van der Waals surface area (Å²) in [5.41, 5.74) is 3.46. The van der Waals surface area contributed by atoms with E-state index in [0.717, 1.165) is 12.6 Å². The van der Waals surface area contributed by atoms with Crippen LogP contribution in [0.1, 0.15) is 15.9 Å². The summed E-state index contributed by atoms with van der Waals surface area (Å²) in [4.78, 5) is 12.5. The number of nitrogens with zero attached hydrogens (tertiary/aromatic N) is 1. The Balaban J connectivity index is 2.99. The summed E-state index contributed by atoms with van der Waals surface area (Å²) in [6.45, 7) is 0.435. The summed E-state index contributed by atoms with van der Waals surface area (Å²) in [6.07, 6.45) is -4.43. The number of hydrogen-bond donors (Lipinski definition) is 2. The van der Waals surface area contributed by atoms with E-state index in [1.807, 2.05) is 0 Å². The van der Waals surface area contributed by atoms with E-state index >= 15 is 0 Å². The van der Waals surface area contributed by atoms with Crippen LogP contribution in [0.25, 0.3) is 0 Å². The molecule has 0 radical (unpaired) electrons. The van der Waals surface area contributed by atoms with Crippen molar-refractivity contribution in [2.45, 2.75) is 13.1 Å². The van der Waals surface area contributed by atoms with E-state index in [-0.39, 0.29) is 5.56 Å². The Morgan fingerprint density at radius 1 is 1.44 bits per heavy atom. The van der Waals surface area contributed by atoms with Gasteiger partial charge in [0.1, 0.15) is 6.54 Å². The molecule has 0 aliphatic heterocycles. The average molecular weight is 261 g/mol. The Labute approximate surface area is 103 Å². The summed E-state index contributed by atoms with van der Waals surface area (Å²) >= 11 is 0. The molecule has 1 aromatic carbocycles. The average Bonchev–Trinajstić information content (AvgIpc) is 2.25. The van der Waals surface area contributed by atoms with E-state index in [1.54, 1.807) is 19.1 Å². The highest BCUT2D eigenvalue weighted by Gasteiger charge is 2.32. The fourth-order valence-corrected chi connectivity index (χ4v) is 1.51. The number of benzene rings is 1. The molecule has 7 heteroatoms. The van der Waals surface area contributed by atoms with Gasteiger partial charge in [0, 0.05) is 7.05 Å². The molecule has 0 saturated carbocycles. The van der Waals surface area contributed by atoms with Crippen LogP contribution in [0, 0.1) is 6.92 Å². The van der Waals surface area contributed by atoms with Crippen molar-refractivity contribution in [1.29, 1.82) is 0 Å². The van der Waals surface area contributed by atoms with Crippen molar-refractivity contribution >= 4 is 11.6 Å². The van der Waals surface area contributed by atoms with Crippen LogP contribution in [0.15, 0.2) is 18.2 Å². The molecule has 0 aliphatic carbocycles. The van der Waals surface area contributed by atoms with Gasteiger partial charge in [-0.1, -0.05) is 11.6 Å². The second-order valence-corrected chi connectivity index (χ2v) is 3.97. The van der Waals surface area contributed by atoms with Crippen LogP contribution in [-0.2, 0) is 0 Å². The summed E-state index contributed by atoms with van der Waals surface area (Å²) in [7, 11) is 1.10. The highest BCUT2D eigenvalue weighted by Crippen LogP contribution is 2.21. The summed E-state index contributed by atoms with van der Waals surface area (Å²) in [6, 6.07) is 4.74. The third-order valence-corrected chi connectivity index (χ3v) is 2.32. The molecule has 1 rings (SSSR count). The molecular weight excluding hydrogens is 247 g/mol. The molecule has 0 heterocycles. The van der Waals surface area contributed by atoms with E-state index in [1.165, 1.54) is 6.07 Å². The number of carbonyl (C=O) groups excluding carboxylic acids is 1. The van der Waals surface area contributed by atoms with E-state index in [0.29, 0.717) is 10.6 Å². The molecule has 0 aliphatic rings. The van der Waals surface area contributed by atoms with Gasteiger partial charge in [0.2, 0.25) is 0 Å². The van der Waals surface area contributed by atoms with Gasteiger partial charge in [0.05, 0.1) is 11.3 Å². The van der Waals surface area contributed by atoms with Crippen LogP contribution >= 0.6 is 0 Å². The first kappa shape index (κ1) is 14.3. The molecule has 0 bridgehead atoms. The monoisotopic (exact) mass is 261 g/mol. The van der Waals surface area contributed by atoms with Crippen LogP contribution < -0.4 is 11.3 Å². The molecule has 1 amide bonds. The van der Waals surface area contributed by atoms with Gasteiger partial charge < -0.3 is 10.3 Å². The fraction of sp³-hybridized carbons (Fsp3) is 0.364. The van der Waals surface area contributed by atoms with Crippen molar-refractivity contribution < 1.29 is 18.0 Å². The summed E-state index contributed by atoms with van der Waals surface area (Å²) in [5, 5.41) is 0. The maximum Gasteiger partial charge on any atom is 0.406 e. The lowest BCUT2D eigenvalue weighted by Gasteiger charge is -2.20. The number of anilines is 1. The number of halogens is 3. The normalized spacial score (nSPS) is 11.2. The van der Waals surface area contributed by atoms with Gasteiger partial charge in [-0.15, -0.1) is 0 Å². The molecule has 0 atom stereocenters. The first-order valence-corrected chi connectivity index (χ1v) is 5.14. The fourth-order valence-electron chi connectivity index (χ4n) is 1.51. The second-order valence-electron chi connectivity index (χ2n) is 3.97. The molecule has 0 spiro atoms. The van der Waals surface area contributed by atoms with E-state index in [9.17, 15) is 18.0 Å². The minimum Gasteiger partial charge on any atom is -0.333 e. The lowest BCUT2D eigenvalue weighted by atomic mass is 10.1. The molecule has 0 saturated heterocycles. The van der Waals surface area contributed by atoms with Gasteiger partial charge in [0.25, 0.3) is 5.91 Å². The molecule has 0 fully saturated rings. The van der Waals surface area contributed by atoms with Gasteiger partial charge >= 0.3 is 6.18 Å². The highest BCUT2D eigenvalue weighted by atomic mass is 19.4. The third kappa shape index (κ3) is 3.63. The Morgan fingerprint density at radius 3 is 2.56 bits per heavy atom. The number of amides is 1. The minimum absolute atomic E-state index is 0.115. The van der Waals surface area contributed by atoms with Crippen molar-refractivity contribution in [3.63, 3.8) is 0 Å². The second kappa shape index (κ2) is 5.26. The molecule has 100 valence electrons. The smallest absolute Gasteiger partial charge is 0.333 e. The molecule has 0 aromatic heterocycles. The predicted molar refractivity (Wildman–Crippen MR) is 62.0 cm³/mol. The van der Waals surface area contributed by atoms with Crippen LogP contribution in [0.4, 0.5) is 18.9 Å². The van der Waals surface area contributed by atoms with E-state index in [4.69, 9.17) is 5.84 Å². The van der Waals surface area contributed by atoms with Crippen molar-refractivity contribution in [2.24, 2.45) is 5.84 Å². The van der Waals surface area contributed by atoms with Gasteiger partial charge in [-0.05, 0) is 19.1 Å². The Kier molecular flexibility index (Phi) is 4.18. The van der Waals surface area contributed by atoms with Gasteiger partial charge in [-0.2, -0.15) is 13.2 Å². The van der Waals surface area contributed by atoms with Crippen molar-refractivity contribution in [2.75, 3.05) is 19.0 Å². The first-order chi connectivity index (χ1) is 8.24.